The lowest BCUT2D eigenvalue weighted by Crippen LogP contribution is -2.23. The van der Waals surface area contributed by atoms with Crippen molar-refractivity contribution >= 4 is 39.0 Å². The highest BCUT2D eigenvalue weighted by Crippen LogP contribution is 2.19. The molecule has 0 aliphatic rings. The average molecular weight is 343 g/mol. The summed E-state index contributed by atoms with van der Waals surface area (Å²) in [5.74, 6) is 0. The first-order valence-electron chi connectivity index (χ1n) is 6.19. The number of benzene rings is 1. The van der Waals surface area contributed by atoms with Gasteiger partial charge in [0.1, 0.15) is 0 Å². The molecule has 0 radical (unpaired) electrons. The zero-order chi connectivity index (χ0) is 15.5. The molecule has 0 aliphatic heterocycles. The van der Waals surface area contributed by atoms with E-state index in [1.165, 1.54) is 27.1 Å². The van der Waals surface area contributed by atoms with Crippen molar-refractivity contribution in [2.75, 3.05) is 7.05 Å². The van der Waals surface area contributed by atoms with Gasteiger partial charge in [-0.25, -0.2) is 13.4 Å². The lowest BCUT2D eigenvalue weighted by molar-refractivity contribution is 0.478. The number of halogens is 1. The van der Waals surface area contributed by atoms with Gasteiger partial charge in [-0.1, -0.05) is 29.8 Å². The molecule has 1 aromatic carbocycles. The van der Waals surface area contributed by atoms with E-state index in [4.69, 9.17) is 11.6 Å². The molecule has 7 heteroatoms. The standard InChI is InChI=1S/C14H15ClN2O2S2/c1-11-16-9-13(20-11)10-17(2)21(18,19)8-7-12-5-3-4-6-14(12)15/h3-9H,10H2,1-2H3/b8-7+. The molecule has 112 valence electrons. The van der Waals surface area contributed by atoms with Crippen molar-refractivity contribution in [2.24, 2.45) is 0 Å². The summed E-state index contributed by atoms with van der Waals surface area (Å²) in [5.41, 5.74) is 0.671. The number of sulfonamides is 1. The Labute approximate surface area is 133 Å². The monoisotopic (exact) mass is 342 g/mol. The van der Waals surface area contributed by atoms with Crippen LogP contribution in [0.25, 0.3) is 6.08 Å². The predicted molar refractivity (Wildman–Crippen MR) is 87.7 cm³/mol. The third kappa shape index (κ3) is 4.38. The van der Waals surface area contributed by atoms with Crippen molar-refractivity contribution in [3.8, 4) is 0 Å². The molecule has 0 saturated heterocycles. The van der Waals surface area contributed by atoms with Crippen LogP contribution in [0.5, 0.6) is 0 Å². The highest BCUT2D eigenvalue weighted by Gasteiger charge is 2.15. The van der Waals surface area contributed by atoms with Crippen LogP contribution in [0.2, 0.25) is 5.02 Å². The number of hydrogen-bond acceptors (Lipinski definition) is 4. The Hall–Kier alpha value is -1.21. The molecule has 1 heterocycles. The molecule has 0 atom stereocenters. The second kappa shape index (κ2) is 6.70. The molecule has 0 fully saturated rings. The van der Waals surface area contributed by atoms with Crippen LogP contribution in [0.4, 0.5) is 0 Å². The summed E-state index contributed by atoms with van der Waals surface area (Å²) < 4.78 is 25.7. The maximum atomic E-state index is 12.2. The van der Waals surface area contributed by atoms with Crippen LogP contribution < -0.4 is 0 Å². The number of nitrogens with zero attached hydrogens (tertiary/aromatic N) is 2. The molecule has 21 heavy (non-hydrogen) atoms. The number of aryl methyl sites for hydroxylation is 1. The van der Waals surface area contributed by atoms with Crippen molar-refractivity contribution in [3.63, 3.8) is 0 Å². The maximum absolute atomic E-state index is 12.2. The third-order valence-corrected chi connectivity index (χ3v) is 5.53. The fraction of sp³-hybridized carbons (Fsp3) is 0.214. The van der Waals surface area contributed by atoms with E-state index in [0.29, 0.717) is 17.1 Å². The summed E-state index contributed by atoms with van der Waals surface area (Å²) in [7, 11) is -1.95. The molecular weight excluding hydrogens is 328 g/mol. The van der Waals surface area contributed by atoms with E-state index < -0.39 is 10.0 Å². The fourth-order valence-corrected chi connectivity index (χ4v) is 3.64. The molecule has 0 N–H and O–H groups in total. The van der Waals surface area contributed by atoms with Crippen molar-refractivity contribution < 1.29 is 8.42 Å². The maximum Gasteiger partial charge on any atom is 0.236 e. The van der Waals surface area contributed by atoms with Crippen LogP contribution in [-0.4, -0.2) is 24.8 Å². The third-order valence-electron chi connectivity index (χ3n) is 2.81. The highest BCUT2D eigenvalue weighted by atomic mass is 35.5. The zero-order valence-electron chi connectivity index (χ0n) is 11.7. The van der Waals surface area contributed by atoms with Gasteiger partial charge in [0.25, 0.3) is 0 Å². The Kier molecular flexibility index (Phi) is 5.16. The quantitative estimate of drug-likeness (QED) is 0.835. The molecule has 0 aliphatic carbocycles. The summed E-state index contributed by atoms with van der Waals surface area (Å²) in [5, 5.41) is 2.61. The van der Waals surface area contributed by atoms with Gasteiger partial charge in [-0.2, -0.15) is 4.31 Å². The second-order valence-electron chi connectivity index (χ2n) is 4.47. The minimum absolute atomic E-state index is 0.306. The molecular formula is C14H15ClN2O2S2. The van der Waals surface area contributed by atoms with Gasteiger partial charge < -0.3 is 0 Å². The predicted octanol–water partition coefficient (Wildman–Crippen LogP) is 3.54. The highest BCUT2D eigenvalue weighted by molar-refractivity contribution is 7.92. The first-order valence-corrected chi connectivity index (χ1v) is 8.88. The van der Waals surface area contributed by atoms with Crippen molar-refractivity contribution in [1.82, 2.24) is 9.29 Å². The Morgan fingerprint density at radius 1 is 1.38 bits per heavy atom. The minimum Gasteiger partial charge on any atom is -0.250 e. The van der Waals surface area contributed by atoms with Crippen molar-refractivity contribution in [3.05, 3.63) is 56.3 Å². The minimum atomic E-state index is -3.49. The van der Waals surface area contributed by atoms with E-state index in [-0.39, 0.29) is 0 Å². The summed E-state index contributed by atoms with van der Waals surface area (Å²) in [6.45, 7) is 2.20. The molecule has 4 nitrogen and oxygen atoms in total. The fourth-order valence-electron chi connectivity index (χ4n) is 1.66. The molecule has 2 aromatic rings. The Morgan fingerprint density at radius 2 is 2.10 bits per heavy atom. The molecule has 0 amide bonds. The van der Waals surface area contributed by atoms with E-state index >= 15 is 0 Å². The van der Waals surface area contributed by atoms with Crippen LogP contribution in [0.15, 0.2) is 35.9 Å². The van der Waals surface area contributed by atoms with E-state index in [1.807, 2.05) is 13.0 Å². The first kappa shape index (κ1) is 16.2. The van der Waals surface area contributed by atoms with Gasteiger partial charge in [-0.15, -0.1) is 11.3 Å². The van der Waals surface area contributed by atoms with Crippen LogP contribution in [0, 0.1) is 6.92 Å². The van der Waals surface area contributed by atoms with Gasteiger partial charge in [0.05, 0.1) is 5.01 Å². The molecule has 0 unspecified atom stereocenters. The van der Waals surface area contributed by atoms with Gasteiger partial charge >= 0.3 is 0 Å². The topological polar surface area (TPSA) is 50.3 Å². The number of aromatic nitrogens is 1. The second-order valence-corrected chi connectivity index (χ2v) is 8.12. The summed E-state index contributed by atoms with van der Waals surface area (Å²) in [6.07, 6.45) is 3.20. The van der Waals surface area contributed by atoms with E-state index in [1.54, 1.807) is 31.4 Å². The van der Waals surface area contributed by atoms with Crippen LogP contribution in [0.3, 0.4) is 0 Å². The Bertz CT molecular complexity index is 754. The zero-order valence-corrected chi connectivity index (χ0v) is 14.0. The smallest absolute Gasteiger partial charge is 0.236 e. The SMILES string of the molecule is Cc1ncc(CN(C)S(=O)(=O)/C=C/c2ccccc2Cl)s1. The molecule has 0 spiro atoms. The Morgan fingerprint density at radius 3 is 2.71 bits per heavy atom. The van der Waals surface area contributed by atoms with Gasteiger partial charge in [-0.05, 0) is 24.6 Å². The molecule has 2 rings (SSSR count). The number of hydrogen-bond donors (Lipinski definition) is 0. The van der Waals surface area contributed by atoms with E-state index in [0.717, 1.165) is 9.88 Å². The van der Waals surface area contributed by atoms with Gasteiger partial charge in [-0.3, -0.25) is 0 Å². The largest absolute Gasteiger partial charge is 0.250 e. The lowest BCUT2D eigenvalue weighted by Gasteiger charge is -2.13. The van der Waals surface area contributed by atoms with Crippen molar-refractivity contribution in [2.45, 2.75) is 13.5 Å². The normalized spacial score (nSPS) is 12.4. The first-order chi connectivity index (χ1) is 9.88. The van der Waals surface area contributed by atoms with E-state index in [9.17, 15) is 8.42 Å². The van der Waals surface area contributed by atoms with Crippen LogP contribution >= 0.6 is 22.9 Å². The lowest BCUT2D eigenvalue weighted by atomic mass is 10.2. The number of thiazole rings is 1. The average Bonchev–Trinajstić information content (AvgIpc) is 2.83. The molecule has 0 saturated carbocycles. The molecule has 0 bridgehead atoms. The summed E-state index contributed by atoms with van der Waals surface area (Å²) >= 11 is 7.49. The van der Waals surface area contributed by atoms with Crippen LogP contribution in [-0.2, 0) is 16.6 Å². The van der Waals surface area contributed by atoms with Crippen molar-refractivity contribution in [1.29, 1.82) is 0 Å². The van der Waals surface area contributed by atoms with Crippen LogP contribution in [0.1, 0.15) is 15.4 Å². The Balaban J connectivity index is 2.12. The number of rotatable bonds is 5. The summed E-state index contributed by atoms with van der Waals surface area (Å²) in [6, 6.07) is 7.09. The summed E-state index contributed by atoms with van der Waals surface area (Å²) in [4.78, 5) is 5.03. The van der Waals surface area contributed by atoms with Gasteiger partial charge in [0, 0.05) is 35.1 Å². The van der Waals surface area contributed by atoms with Gasteiger partial charge in [0.15, 0.2) is 0 Å². The van der Waals surface area contributed by atoms with Gasteiger partial charge in [0.2, 0.25) is 10.0 Å². The molecule has 1 aromatic heterocycles. The van der Waals surface area contributed by atoms with E-state index in [2.05, 4.69) is 4.98 Å².